The zero-order valence-corrected chi connectivity index (χ0v) is 18.7. The molecule has 1 unspecified atom stereocenters. The van der Waals surface area contributed by atoms with Gasteiger partial charge in [-0.05, 0) is 22.3 Å². The van der Waals surface area contributed by atoms with Gasteiger partial charge in [-0.3, -0.25) is 4.79 Å². The predicted molar refractivity (Wildman–Crippen MR) is 131 cm³/mol. The minimum Gasteiger partial charge on any atom is -0.458 e. The van der Waals surface area contributed by atoms with Gasteiger partial charge in [0.2, 0.25) is 6.10 Å². The Bertz CT molecular complexity index is 1140. The SMILES string of the molecule is O=C(OCc1ccccc1)C(Cc1ccccc1)OC(=O)C(c1ccccc1)c1ccccc1. The van der Waals surface area contributed by atoms with Gasteiger partial charge < -0.3 is 9.47 Å². The summed E-state index contributed by atoms with van der Waals surface area (Å²) in [4.78, 5) is 26.5. The molecule has 170 valence electrons. The van der Waals surface area contributed by atoms with E-state index in [0.717, 1.165) is 22.3 Å². The van der Waals surface area contributed by atoms with Crippen LogP contribution in [0.4, 0.5) is 0 Å². The molecule has 0 saturated heterocycles. The topological polar surface area (TPSA) is 52.6 Å². The number of hydrogen-bond donors (Lipinski definition) is 0. The molecular formula is C30H26O4. The van der Waals surface area contributed by atoms with Gasteiger partial charge in [0.15, 0.2) is 0 Å². The van der Waals surface area contributed by atoms with Crippen LogP contribution in [0.25, 0.3) is 0 Å². The van der Waals surface area contributed by atoms with Crippen LogP contribution in [0.3, 0.4) is 0 Å². The fourth-order valence-corrected chi connectivity index (χ4v) is 3.79. The van der Waals surface area contributed by atoms with Gasteiger partial charge in [-0.1, -0.05) is 121 Å². The molecule has 34 heavy (non-hydrogen) atoms. The van der Waals surface area contributed by atoms with Crippen LogP contribution in [0.2, 0.25) is 0 Å². The molecule has 0 aliphatic rings. The fourth-order valence-electron chi connectivity index (χ4n) is 3.79. The second-order valence-corrected chi connectivity index (χ2v) is 7.96. The Hall–Kier alpha value is -4.18. The van der Waals surface area contributed by atoms with Crippen LogP contribution in [0.1, 0.15) is 28.2 Å². The highest BCUT2D eigenvalue weighted by atomic mass is 16.6. The van der Waals surface area contributed by atoms with Gasteiger partial charge in [0.1, 0.15) is 12.5 Å². The van der Waals surface area contributed by atoms with Gasteiger partial charge in [-0.15, -0.1) is 0 Å². The molecule has 4 rings (SSSR count). The summed E-state index contributed by atoms with van der Waals surface area (Å²) < 4.78 is 11.4. The van der Waals surface area contributed by atoms with Crippen molar-refractivity contribution in [3.63, 3.8) is 0 Å². The van der Waals surface area contributed by atoms with Crippen LogP contribution in [-0.2, 0) is 32.1 Å². The Balaban J connectivity index is 1.57. The molecule has 0 bridgehead atoms. The molecule has 0 spiro atoms. The zero-order valence-electron chi connectivity index (χ0n) is 18.7. The van der Waals surface area contributed by atoms with Crippen molar-refractivity contribution in [2.45, 2.75) is 25.0 Å². The maximum Gasteiger partial charge on any atom is 0.348 e. The molecule has 0 aliphatic heterocycles. The van der Waals surface area contributed by atoms with E-state index in [0.29, 0.717) is 0 Å². The summed E-state index contributed by atoms with van der Waals surface area (Å²) in [5.41, 5.74) is 3.35. The van der Waals surface area contributed by atoms with Crippen molar-refractivity contribution >= 4 is 11.9 Å². The molecule has 4 aromatic carbocycles. The van der Waals surface area contributed by atoms with Gasteiger partial charge in [0.05, 0.1) is 0 Å². The molecule has 4 aromatic rings. The minimum absolute atomic E-state index is 0.114. The summed E-state index contributed by atoms with van der Waals surface area (Å²) in [5.74, 6) is -1.71. The van der Waals surface area contributed by atoms with Crippen molar-refractivity contribution < 1.29 is 19.1 Å². The Kier molecular flexibility index (Phi) is 7.86. The standard InChI is InChI=1S/C30H26O4/c31-29(33-22-24-15-7-2-8-16-24)27(21-23-13-5-1-6-14-23)34-30(32)28(25-17-9-3-10-18-25)26-19-11-4-12-20-26/h1-20,27-28H,21-22H2. The van der Waals surface area contributed by atoms with E-state index in [9.17, 15) is 9.59 Å². The largest absolute Gasteiger partial charge is 0.458 e. The van der Waals surface area contributed by atoms with Crippen molar-refractivity contribution in [3.05, 3.63) is 144 Å². The summed E-state index contributed by atoms with van der Waals surface area (Å²) in [5, 5.41) is 0. The van der Waals surface area contributed by atoms with Crippen molar-refractivity contribution in [2.24, 2.45) is 0 Å². The fraction of sp³-hybridized carbons (Fsp3) is 0.133. The molecule has 0 saturated carbocycles. The normalized spacial score (nSPS) is 11.6. The quantitative estimate of drug-likeness (QED) is 0.306. The van der Waals surface area contributed by atoms with Gasteiger partial charge in [0, 0.05) is 6.42 Å². The number of benzene rings is 4. The average molecular weight is 451 g/mol. The Labute approximate surface area is 199 Å². The van der Waals surface area contributed by atoms with E-state index in [1.54, 1.807) is 0 Å². The molecule has 1 atom stereocenters. The Morgan fingerprint density at radius 1 is 0.559 bits per heavy atom. The molecule has 0 N–H and O–H groups in total. The minimum atomic E-state index is -1.06. The van der Waals surface area contributed by atoms with E-state index in [2.05, 4.69) is 0 Å². The summed E-state index contributed by atoms with van der Waals surface area (Å²) in [6.07, 6.45) is -0.829. The van der Waals surface area contributed by atoms with Crippen LogP contribution in [-0.4, -0.2) is 18.0 Å². The van der Waals surface area contributed by atoms with Crippen LogP contribution in [0.5, 0.6) is 0 Å². The summed E-state index contributed by atoms with van der Waals surface area (Å²) in [7, 11) is 0. The van der Waals surface area contributed by atoms with Crippen molar-refractivity contribution in [2.75, 3.05) is 0 Å². The number of ether oxygens (including phenoxy) is 2. The molecule has 0 aromatic heterocycles. The third-order valence-electron chi connectivity index (χ3n) is 5.51. The third-order valence-corrected chi connectivity index (χ3v) is 5.51. The Morgan fingerprint density at radius 2 is 1.00 bits per heavy atom. The number of carbonyl (C=O) groups is 2. The van der Waals surface area contributed by atoms with Crippen LogP contribution in [0.15, 0.2) is 121 Å². The highest BCUT2D eigenvalue weighted by molar-refractivity contribution is 5.85. The molecule has 4 heteroatoms. The maximum atomic E-state index is 13.5. The summed E-state index contributed by atoms with van der Waals surface area (Å²) >= 11 is 0. The molecule has 0 heterocycles. The van der Waals surface area contributed by atoms with Crippen LogP contribution < -0.4 is 0 Å². The molecule has 0 amide bonds. The van der Waals surface area contributed by atoms with E-state index in [1.165, 1.54) is 0 Å². The van der Waals surface area contributed by atoms with E-state index in [-0.39, 0.29) is 13.0 Å². The lowest BCUT2D eigenvalue weighted by Gasteiger charge is -2.22. The van der Waals surface area contributed by atoms with Crippen LogP contribution >= 0.6 is 0 Å². The second kappa shape index (κ2) is 11.6. The van der Waals surface area contributed by atoms with Gasteiger partial charge >= 0.3 is 11.9 Å². The van der Waals surface area contributed by atoms with Crippen molar-refractivity contribution in [3.8, 4) is 0 Å². The predicted octanol–water partition coefficient (Wildman–Crippen LogP) is 5.72. The zero-order chi connectivity index (χ0) is 23.6. The molecule has 0 radical (unpaired) electrons. The number of carbonyl (C=O) groups excluding carboxylic acids is 2. The van der Waals surface area contributed by atoms with Crippen molar-refractivity contribution in [1.82, 2.24) is 0 Å². The maximum absolute atomic E-state index is 13.5. The first-order valence-corrected chi connectivity index (χ1v) is 11.3. The highest BCUT2D eigenvalue weighted by Gasteiger charge is 2.31. The van der Waals surface area contributed by atoms with Gasteiger partial charge in [-0.2, -0.15) is 0 Å². The van der Waals surface area contributed by atoms with E-state index in [4.69, 9.17) is 9.47 Å². The first kappa shape index (κ1) is 23.0. The van der Waals surface area contributed by atoms with Gasteiger partial charge in [0.25, 0.3) is 0 Å². The van der Waals surface area contributed by atoms with Crippen molar-refractivity contribution in [1.29, 1.82) is 0 Å². The molecular weight excluding hydrogens is 424 g/mol. The van der Waals surface area contributed by atoms with Gasteiger partial charge in [-0.25, -0.2) is 4.79 Å². The van der Waals surface area contributed by atoms with E-state index in [1.807, 2.05) is 121 Å². The summed E-state index contributed by atoms with van der Waals surface area (Å²) in [6, 6.07) is 37.8. The lowest BCUT2D eigenvalue weighted by molar-refractivity contribution is -0.169. The van der Waals surface area contributed by atoms with E-state index < -0.39 is 24.0 Å². The average Bonchev–Trinajstić information content (AvgIpc) is 2.89. The molecule has 0 aliphatic carbocycles. The number of hydrogen-bond acceptors (Lipinski definition) is 4. The lowest BCUT2D eigenvalue weighted by atomic mass is 9.91. The number of esters is 2. The third kappa shape index (κ3) is 6.20. The first-order chi connectivity index (χ1) is 16.7. The summed E-state index contributed by atoms with van der Waals surface area (Å²) in [6.45, 7) is 0.114. The lowest BCUT2D eigenvalue weighted by Crippen LogP contribution is -2.33. The molecule has 0 fully saturated rings. The first-order valence-electron chi connectivity index (χ1n) is 11.3. The second-order valence-electron chi connectivity index (χ2n) is 7.96. The van der Waals surface area contributed by atoms with E-state index >= 15 is 0 Å². The monoisotopic (exact) mass is 450 g/mol. The highest BCUT2D eigenvalue weighted by Crippen LogP contribution is 2.27. The number of rotatable bonds is 9. The molecule has 4 nitrogen and oxygen atoms in total. The Morgan fingerprint density at radius 3 is 1.50 bits per heavy atom. The van der Waals surface area contributed by atoms with Crippen LogP contribution in [0, 0.1) is 0 Å². The smallest absolute Gasteiger partial charge is 0.348 e.